The molecule has 3 rings (SSSR count). The largest absolute Gasteiger partial charge is 0.458 e. The summed E-state index contributed by atoms with van der Waals surface area (Å²) in [6.07, 6.45) is 7.17. The van der Waals surface area contributed by atoms with Crippen LogP contribution in [0.5, 0.6) is 0 Å². The molecule has 2 aliphatic carbocycles. The van der Waals surface area contributed by atoms with Crippen molar-refractivity contribution in [1.82, 2.24) is 0 Å². The van der Waals surface area contributed by atoms with Crippen molar-refractivity contribution in [1.29, 1.82) is 0 Å². The van der Waals surface area contributed by atoms with Crippen LogP contribution in [-0.2, 0) is 9.53 Å². The summed E-state index contributed by atoms with van der Waals surface area (Å²) in [6.45, 7) is 10.6. The van der Waals surface area contributed by atoms with E-state index in [4.69, 9.17) is 4.74 Å². The number of carbonyl (C=O) groups is 1. The molecule has 1 saturated heterocycles. The minimum Gasteiger partial charge on any atom is -0.458 e. The number of rotatable bonds is 1. The lowest BCUT2D eigenvalue weighted by molar-refractivity contribution is -0.141. The van der Waals surface area contributed by atoms with Crippen LogP contribution in [0.2, 0.25) is 0 Å². The highest BCUT2D eigenvalue weighted by atomic mass is 16.6. The maximum atomic E-state index is 12.1. The zero-order valence-corrected chi connectivity index (χ0v) is 11.7. The molecule has 2 saturated carbocycles. The van der Waals surface area contributed by atoms with E-state index in [1.807, 2.05) is 6.08 Å². The third kappa shape index (κ3) is 1.89. The summed E-state index contributed by atoms with van der Waals surface area (Å²) in [5, 5.41) is 0. The molecule has 3 fully saturated rings. The van der Waals surface area contributed by atoms with Gasteiger partial charge in [-0.1, -0.05) is 37.3 Å². The fourth-order valence-electron chi connectivity index (χ4n) is 4.12. The Bertz CT molecular complexity index is 472. The van der Waals surface area contributed by atoms with Gasteiger partial charge in [-0.25, -0.2) is 4.79 Å². The Kier molecular flexibility index (Phi) is 3.12. The van der Waals surface area contributed by atoms with Crippen molar-refractivity contribution >= 4 is 5.97 Å². The maximum absolute atomic E-state index is 12.1. The molecule has 0 bridgehead atoms. The molecular weight excluding hydrogens is 236 g/mol. The number of hydrogen-bond donors (Lipinski definition) is 0. The van der Waals surface area contributed by atoms with Crippen LogP contribution in [0.15, 0.2) is 36.0 Å². The van der Waals surface area contributed by atoms with Crippen molar-refractivity contribution in [2.75, 3.05) is 0 Å². The Labute approximate surface area is 115 Å². The molecular formula is C17H22O2. The van der Waals surface area contributed by atoms with Gasteiger partial charge in [0.15, 0.2) is 0 Å². The number of esters is 1. The van der Waals surface area contributed by atoms with Gasteiger partial charge < -0.3 is 4.74 Å². The first-order valence-electron chi connectivity index (χ1n) is 7.39. The second kappa shape index (κ2) is 4.66. The third-order valence-electron chi connectivity index (χ3n) is 5.04. The van der Waals surface area contributed by atoms with Crippen molar-refractivity contribution in [3.63, 3.8) is 0 Å². The van der Waals surface area contributed by atoms with E-state index in [2.05, 4.69) is 20.1 Å². The topological polar surface area (TPSA) is 26.3 Å². The molecule has 1 aliphatic heterocycles. The van der Waals surface area contributed by atoms with Crippen LogP contribution in [-0.4, -0.2) is 12.1 Å². The summed E-state index contributed by atoms with van der Waals surface area (Å²) < 4.78 is 5.73. The predicted molar refractivity (Wildman–Crippen MR) is 75.5 cm³/mol. The van der Waals surface area contributed by atoms with E-state index in [9.17, 15) is 4.79 Å². The Balaban J connectivity index is 1.98. The van der Waals surface area contributed by atoms with Gasteiger partial charge in [-0.2, -0.15) is 0 Å². The first-order chi connectivity index (χ1) is 9.13. The molecule has 0 aromatic carbocycles. The van der Waals surface area contributed by atoms with Gasteiger partial charge >= 0.3 is 5.97 Å². The monoisotopic (exact) mass is 258 g/mol. The molecule has 0 amide bonds. The minimum absolute atomic E-state index is 0.0181. The minimum atomic E-state index is -0.0946. The number of hydrogen-bond acceptors (Lipinski definition) is 2. The van der Waals surface area contributed by atoms with Crippen molar-refractivity contribution in [3.8, 4) is 0 Å². The zero-order chi connectivity index (χ0) is 13.6. The predicted octanol–water partition coefficient (Wildman–Crippen LogP) is 3.80. The molecule has 0 spiro atoms. The molecule has 1 heterocycles. The van der Waals surface area contributed by atoms with Crippen LogP contribution in [0.25, 0.3) is 0 Å². The number of carbonyl (C=O) groups excluding carboxylic acids is 1. The van der Waals surface area contributed by atoms with Gasteiger partial charge in [-0.05, 0) is 38.0 Å². The Morgan fingerprint density at radius 1 is 1.21 bits per heavy atom. The van der Waals surface area contributed by atoms with Crippen LogP contribution >= 0.6 is 0 Å². The standard InChI is InChI=1S/C17H22O2/c1-4-5-14-13-9-6-10(2)12-8-7-11(3)15(12)16(13)19-17(14)18/h5,12-13,15-16H,2-4,6-9H2,1H3/b14-5+/t12-,13-,15-,16-/m0/s1. The van der Waals surface area contributed by atoms with Crippen molar-refractivity contribution < 1.29 is 9.53 Å². The van der Waals surface area contributed by atoms with E-state index < -0.39 is 0 Å². The van der Waals surface area contributed by atoms with E-state index in [1.54, 1.807) is 0 Å². The van der Waals surface area contributed by atoms with Gasteiger partial charge in [-0.3, -0.25) is 0 Å². The number of ether oxygens (including phenoxy) is 1. The highest BCUT2D eigenvalue weighted by molar-refractivity contribution is 5.91. The lowest BCUT2D eigenvalue weighted by Gasteiger charge is -2.26. The normalized spacial score (nSPS) is 40.1. The molecule has 19 heavy (non-hydrogen) atoms. The van der Waals surface area contributed by atoms with Crippen molar-refractivity contribution in [2.24, 2.45) is 17.8 Å². The SMILES string of the molecule is C=C1CC[C@H]2C(=C)CC[C@H]3/C(=C\CC)C(=O)O[C@@H]3[C@@H]12. The van der Waals surface area contributed by atoms with E-state index in [0.717, 1.165) is 37.7 Å². The summed E-state index contributed by atoms with van der Waals surface area (Å²) in [4.78, 5) is 12.1. The third-order valence-corrected chi connectivity index (χ3v) is 5.04. The van der Waals surface area contributed by atoms with Crippen LogP contribution in [0, 0.1) is 17.8 Å². The Morgan fingerprint density at radius 2 is 1.89 bits per heavy atom. The van der Waals surface area contributed by atoms with Crippen LogP contribution in [0.3, 0.4) is 0 Å². The van der Waals surface area contributed by atoms with Crippen LogP contribution in [0.4, 0.5) is 0 Å². The molecule has 0 aromatic heterocycles. The van der Waals surface area contributed by atoms with Crippen LogP contribution < -0.4 is 0 Å². The van der Waals surface area contributed by atoms with Gasteiger partial charge in [0, 0.05) is 17.4 Å². The van der Waals surface area contributed by atoms with Gasteiger partial charge in [0.05, 0.1) is 0 Å². The molecule has 3 aliphatic rings. The molecule has 0 aromatic rings. The highest BCUT2D eigenvalue weighted by Crippen LogP contribution is 2.52. The molecule has 2 nitrogen and oxygen atoms in total. The summed E-state index contributed by atoms with van der Waals surface area (Å²) in [6, 6.07) is 0. The van der Waals surface area contributed by atoms with Gasteiger partial charge in [0.1, 0.15) is 6.10 Å². The quantitative estimate of drug-likeness (QED) is 0.406. The number of allylic oxidation sites excluding steroid dienone is 2. The molecule has 0 unspecified atom stereocenters. The second-order valence-corrected chi connectivity index (χ2v) is 6.07. The number of fused-ring (bicyclic) bond motifs is 3. The molecule has 0 N–H and O–H groups in total. The smallest absolute Gasteiger partial charge is 0.334 e. The lowest BCUT2D eigenvalue weighted by atomic mass is 9.81. The first kappa shape index (κ1) is 12.7. The van der Waals surface area contributed by atoms with E-state index in [-0.39, 0.29) is 18.0 Å². The average molecular weight is 258 g/mol. The van der Waals surface area contributed by atoms with E-state index in [1.165, 1.54) is 11.1 Å². The van der Waals surface area contributed by atoms with Crippen molar-refractivity contribution in [2.45, 2.75) is 45.1 Å². The highest BCUT2D eigenvalue weighted by Gasteiger charge is 2.50. The average Bonchev–Trinajstić information content (AvgIpc) is 2.85. The fourth-order valence-corrected chi connectivity index (χ4v) is 4.12. The van der Waals surface area contributed by atoms with Gasteiger partial charge in [0.2, 0.25) is 0 Å². The van der Waals surface area contributed by atoms with Gasteiger partial charge in [-0.15, -0.1) is 0 Å². The fraction of sp³-hybridized carbons (Fsp3) is 0.588. The molecule has 2 heteroatoms. The molecule has 0 radical (unpaired) electrons. The Hall–Kier alpha value is -1.31. The van der Waals surface area contributed by atoms with E-state index in [0.29, 0.717) is 11.8 Å². The summed E-state index contributed by atoms with van der Waals surface area (Å²) in [5.41, 5.74) is 3.50. The summed E-state index contributed by atoms with van der Waals surface area (Å²) >= 11 is 0. The van der Waals surface area contributed by atoms with E-state index >= 15 is 0 Å². The molecule has 102 valence electrons. The summed E-state index contributed by atoms with van der Waals surface area (Å²) in [7, 11) is 0. The second-order valence-electron chi connectivity index (χ2n) is 6.07. The maximum Gasteiger partial charge on any atom is 0.334 e. The van der Waals surface area contributed by atoms with Crippen LogP contribution in [0.1, 0.15) is 39.0 Å². The first-order valence-corrected chi connectivity index (χ1v) is 7.39. The molecule has 4 atom stereocenters. The zero-order valence-electron chi connectivity index (χ0n) is 11.7. The van der Waals surface area contributed by atoms with Gasteiger partial charge in [0.25, 0.3) is 0 Å². The Morgan fingerprint density at radius 3 is 2.63 bits per heavy atom. The summed E-state index contributed by atoms with van der Waals surface area (Å²) in [5.74, 6) is 0.958. The lowest BCUT2D eigenvalue weighted by Crippen LogP contribution is -2.28. The van der Waals surface area contributed by atoms with Crippen molar-refractivity contribution in [3.05, 3.63) is 36.0 Å².